The van der Waals surface area contributed by atoms with Gasteiger partial charge in [-0.15, -0.1) is 4.68 Å². The third kappa shape index (κ3) is 3.27. The number of para-hydroxylation sites is 1. The quantitative estimate of drug-likeness (QED) is 0.550. The zero-order chi connectivity index (χ0) is 18.7. The largest absolute Gasteiger partial charge is 0.358 e. The average molecular weight is 351 g/mol. The number of amides is 1. The number of carbonyl (C=O) groups excluding carboxylic acids is 1. The van der Waals surface area contributed by atoms with Crippen LogP contribution in [0.2, 0.25) is 0 Å². The van der Waals surface area contributed by atoms with Gasteiger partial charge >= 0.3 is 5.82 Å². The van der Waals surface area contributed by atoms with Gasteiger partial charge in [0, 0.05) is 0 Å². The van der Waals surface area contributed by atoms with Gasteiger partial charge in [0.2, 0.25) is 0 Å². The zero-order valence-electron chi connectivity index (χ0n) is 13.7. The summed E-state index contributed by atoms with van der Waals surface area (Å²) >= 11 is 0. The van der Waals surface area contributed by atoms with E-state index in [1.165, 1.54) is 16.9 Å². The Morgan fingerprint density at radius 2 is 2.12 bits per heavy atom. The summed E-state index contributed by atoms with van der Waals surface area (Å²) in [6.45, 7) is 1.23. The Balaban J connectivity index is 1.88. The summed E-state index contributed by atoms with van der Waals surface area (Å²) in [7, 11) is 0. The molecule has 0 aliphatic heterocycles. The van der Waals surface area contributed by atoms with Crippen molar-refractivity contribution in [1.82, 2.24) is 19.6 Å². The third-order valence-corrected chi connectivity index (χ3v) is 3.51. The number of aryl methyl sites for hydroxylation is 1. The molecule has 0 aliphatic carbocycles. The molecule has 0 aliphatic rings. The Kier molecular flexibility index (Phi) is 4.44. The van der Waals surface area contributed by atoms with Gasteiger partial charge in [-0.2, -0.15) is 10.4 Å². The number of carbonyl (C=O) groups is 1. The number of benzene rings is 1. The molecule has 0 unspecified atom stereocenters. The summed E-state index contributed by atoms with van der Waals surface area (Å²) in [5.41, 5.74) is 1.26. The van der Waals surface area contributed by atoms with Gasteiger partial charge in [0.05, 0.1) is 23.6 Å². The smallest absolute Gasteiger partial charge is 0.345 e. The summed E-state index contributed by atoms with van der Waals surface area (Å²) in [6.07, 6.45) is 1.34. The maximum absolute atomic E-state index is 12.4. The normalized spacial score (nSPS) is 10.3. The minimum atomic E-state index is -0.609. The number of nitrogens with one attached hydrogen (secondary N) is 1. The van der Waals surface area contributed by atoms with Gasteiger partial charge in [0.25, 0.3) is 5.91 Å². The van der Waals surface area contributed by atoms with E-state index >= 15 is 0 Å². The van der Waals surface area contributed by atoms with Gasteiger partial charge in [-0.05, 0) is 24.0 Å². The fraction of sp³-hybridized carbons (Fsp3) is 0.125. The second kappa shape index (κ2) is 6.86. The van der Waals surface area contributed by atoms with E-state index in [1.807, 2.05) is 12.1 Å². The lowest BCUT2D eigenvalue weighted by molar-refractivity contribution is -0.392. The number of rotatable bonds is 5. The first-order valence-electron chi connectivity index (χ1n) is 7.52. The van der Waals surface area contributed by atoms with Crippen LogP contribution in [-0.4, -0.2) is 30.4 Å². The molecule has 0 fully saturated rings. The molecule has 26 heavy (non-hydrogen) atoms. The Morgan fingerprint density at radius 3 is 2.77 bits per heavy atom. The van der Waals surface area contributed by atoms with Crippen molar-refractivity contribution >= 4 is 17.5 Å². The molecular weight excluding hydrogens is 338 g/mol. The van der Waals surface area contributed by atoms with E-state index < -0.39 is 10.8 Å². The molecule has 0 radical (unpaired) electrons. The van der Waals surface area contributed by atoms with Crippen LogP contribution in [0.25, 0.3) is 5.69 Å². The van der Waals surface area contributed by atoms with Crippen LogP contribution in [0, 0.1) is 28.4 Å². The molecule has 2 heterocycles. The van der Waals surface area contributed by atoms with E-state index in [4.69, 9.17) is 0 Å². The van der Waals surface area contributed by atoms with Crippen LogP contribution in [0.5, 0.6) is 0 Å². The van der Waals surface area contributed by atoms with Gasteiger partial charge in [0.15, 0.2) is 12.4 Å². The van der Waals surface area contributed by atoms with Crippen LogP contribution in [0.3, 0.4) is 0 Å². The molecule has 130 valence electrons. The molecule has 0 atom stereocenters. The van der Waals surface area contributed by atoms with Gasteiger partial charge in [-0.3, -0.25) is 4.79 Å². The highest BCUT2D eigenvalue weighted by Crippen LogP contribution is 2.20. The predicted octanol–water partition coefficient (Wildman–Crippen LogP) is 1.80. The Hall–Kier alpha value is -4.00. The van der Waals surface area contributed by atoms with Crippen molar-refractivity contribution in [3.63, 3.8) is 0 Å². The van der Waals surface area contributed by atoms with Gasteiger partial charge in [0.1, 0.15) is 11.6 Å². The Morgan fingerprint density at radius 1 is 1.38 bits per heavy atom. The first kappa shape index (κ1) is 16.8. The van der Waals surface area contributed by atoms with Crippen molar-refractivity contribution in [2.45, 2.75) is 13.5 Å². The van der Waals surface area contributed by atoms with Crippen molar-refractivity contribution in [3.05, 3.63) is 64.0 Å². The lowest BCUT2D eigenvalue weighted by Crippen LogP contribution is -2.22. The summed E-state index contributed by atoms with van der Waals surface area (Å²) < 4.78 is 2.42. The van der Waals surface area contributed by atoms with Crippen molar-refractivity contribution < 1.29 is 9.72 Å². The van der Waals surface area contributed by atoms with Gasteiger partial charge in [-0.25, -0.2) is 4.68 Å². The van der Waals surface area contributed by atoms with Crippen molar-refractivity contribution in [2.24, 2.45) is 0 Å². The fourth-order valence-corrected chi connectivity index (χ4v) is 2.42. The Bertz CT molecular complexity index is 1010. The first-order valence-corrected chi connectivity index (χ1v) is 7.52. The number of nitro groups is 1. The third-order valence-electron chi connectivity index (χ3n) is 3.51. The average Bonchev–Trinajstić information content (AvgIpc) is 3.18. The van der Waals surface area contributed by atoms with E-state index in [2.05, 4.69) is 15.5 Å². The highest BCUT2D eigenvalue weighted by molar-refractivity contribution is 5.91. The van der Waals surface area contributed by atoms with Gasteiger partial charge in [-0.1, -0.05) is 23.3 Å². The SMILES string of the molecule is Cc1cc([N+](=O)[O-])n(CC(=O)Nc2c(C#N)cnn2-c2ccccc2)n1. The molecule has 0 saturated heterocycles. The molecular formula is C16H13N7O3. The number of nitriles is 1. The standard InChI is InChI=1S/C16H13N7O3/c1-11-7-15(23(25)26)21(20-11)10-14(24)19-16-12(8-17)9-18-22(16)13-5-3-2-4-6-13/h2-7,9H,10H2,1H3,(H,19,24). The number of aromatic nitrogens is 4. The van der Waals surface area contributed by atoms with Crippen LogP contribution in [0.4, 0.5) is 11.6 Å². The number of anilines is 1. The lowest BCUT2D eigenvalue weighted by Gasteiger charge is -2.08. The predicted molar refractivity (Wildman–Crippen MR) is 90.5 cm³/mol. The molecule has 0 bridgehead atoms. The van der Waals surface area contributed by atoms with Gasteiger partial charge < -0.3 is 15.4 Å². The minimum Gasteiger partial charge on any atom is -0.358 e. The van der Waals surface area contributed by atoms with E-state index in [9.17, 15) is 20.2 Å². The van der Waals surface area contributed by atoms with E-state index in [-0.39, 0.29) is 23.7 Å². The molecule has 1 amide bonds. The number of nitrogens with zero attached hydrogens (tertiary/aromatic N) is 6. The van der Waals surface area contributed by atoms with E-state index in [0.717, 1.165) is 4.68 Å². The molecule has 1 N–H and O–H groups in total. The highest BCUT2D eigenvalue weighted by Gasteiger charge is 2.21. The molecule has 2 aromatic heterocycles. The minimum absolute atomic E-state index is 0.174. The molecule has 0 saturated carbocycles. The maximum atomic E-state index is 12.4. The topological polar surface area (TPSA) is 132 Å². The van der Waals surface area contributed by atoms with E-state index in [0.29, 0.717) is 11.4 Å². The second-order valence-electron chi connectivity index (χ2n) is 5.37. The molecule has 1 aromatic carbocycles. The van der Waals surface area contributed by atoms with Crippen molar-refractivity contribution in [1.29, 1.82) is 5.26 Å². The fourth-order valence-electron chi connectivity index (χ4n) is 2.42. The molecule has 10 nitrogen and oxygen atoms in total. The Labute approximate surface area is 147 Å². The van der Waals surface area contributed by atoms with Crippen LogP contribution in [0.15, 0.2) is 42.6 Å². The van der Waals surface area contributed by atoms with Crippen LogP contribution in [0.1, 0.15) is 11.3 Å². The van der Waals surface area contributed by atoms with Crippen LogP contribution < -0.4 is 5.32 Å². The first-order chi connectivity index (χ1) is 12.5. The number of hydrogen-bond acceptors (Lipinski definition) is 6. The summed E-state index contributed by atoms with van der Waals surface area (Å²) in [5.74, 6) is -0.657. The summed E-state index contributed by atoms with van der Waals surface area (Å²) in [4.78, 5) is 22.8. The van der Waals surface area contributed by atoms with Crippen LogP contribution in [-0.2, 0) is 11.3 Å². The number of hydrogen-bond donors (Lipinski definition) is 1. The monoisotopic (exact) mass is 351 g/mol. The molecule has 3 rings (SSSR count). The van der Waals surface area contributed by atoms with Crippen molar-refractivity contribution in [3.8, 4) is 11.8 Å². The highest BCUT2D eigenvalue weighted by atomic mass is 16.6. The molecule has 0 spiro atoms. The second-order valence-corrected chi connectivity index (χ2v) is 5.37. The molecule has 10 heteroatoms. The van der Waals surface area contributed by atoms with E-state index in [1.54, 1.807) is 31.2 Å². The summed E-state index contributed by atoms with van der Waals surface area (Å²) in [6, 6.07) is 12.2. The zero-order valence-corrected chi connectivity index (χ0v) is 13.7. The molecule has 3 aromatic rings. The van der Waals surface area contributed by atoms with Crippen molar-refractivity contribution in [2.75, 3.05) is 5.32 Å². The maximum Gasteiger partial charge on any atom is 0.345 e. The summed E-state index contributed by atoms with van der Waals surface area (Å²) in [5, 5.41) is 30.9. The van der Waals surface area contributed by atoms with Crippen LogP contribution >= 0.6 is 0 Å². The lowest BCUT2D eigenvalue weighted by atomic mass is 10.3.